The lowest BCUT2D eigenvalue weighted by molar-refractivity contribution is -0.196. The molecule has 1 fully saturated rings. The van der Waals surface area contributed by atoms with Crippen LogP contribution < -0.4 is 0 Å². The summed E-state index contributed by atoms with van der Waals surface area (Å²) in [6, 6.07) is 1.54. The minimum atomic E-state index is -4.96. The van der Waals surface area contributed by atoms with Gasteiger partial charge in [-0.05, 0) is 22.0 Å². The molecule has 0 bridgehead atoms. The summed E-state index contributed by atoms with van der Waals surface area (Å²) in [5.41, 5.74) is -1.14. The van der Waals surface area contributed by atoms with E-state index >= 15 is 0 Å². The first-order valence-corrected chi connectivity index (χ1v) is 6.23. The van der Waals surface area contributed by atoms with E-state index in [4.69, 9.17) is 5.11 Å². The van der Waals surface area contributed by atoms with Crippen molar-refractivity contribution in [1.29, 1.82) is 0 Å². The maximum Gasteiger partial charge on any atom is 0.471 e. The molecule has 1 amide bonds. The number of carbonyl (C=O) groups excluding carboxylic acids is 1. The highest BCUT2D eigenvalue weighted by atomic mass is 79.9. The van der Waals surface area contributed by atoms with Crippen molar-refractivity contribution in [3.63, 3.8) is 0 Å². The topological polar surface area (TPSA) is 75.4 Å². The van der Waals surface area contributed by atoms with Gasteiger partial charge in [-0.2, -0.15) is 18.3 Å². The monoisotopic (exact) mass is 355 g/mol. The van der Waals surface area contributed by atoms with Crippen molar-refractivity contribution in [2.45, 2.75) is 18.1 Å². The first-order chi connectivity index (χ1) is 9.14. The first-order valence-electron chi connectivity index (χ1n) is 5.44. The van der Waals surface area contributed by atoms with Gasteiger partial charge in [0.25, 0.3) is 0 Å². The Morgan fingerprint density at radius 2 is 2.05 bits per heavy atom. The van der Waals surface area contributed by atoms with Gasteiger partial charge in [-0.15, -0.1) is 0 Å². The van der Waals surface area contributed by atoms with Gasteiger partial charge in [0, 0.05) is 19.3 Å². The lowest BCUT2D eigenvalue weighted by Gasteiger charge is -2.49. The number of rotatable bonds is 3. The average Bonchev–Trinajstić information content (AvgIpc) is 2.67. The van der Waals surface area contributed by atoms with E-state index in [1.165, 1.54) is 16.9 Å². The van der Waals surface area contributed by atoms with Crippen LogP contribution in [0.25, 0.3) is 0 Å². The number of halogens is 4. The molecule has 110 valence electrons. The quantitative estimate of drug-likeness (QED) is 0.884. The molecule has 0 unspecified atom stereocenters. The number of hydrogen-bond acceptors (Lipinski definition) is 3. The van der Waals surface area contributed by atoms with Gasteiger partial charge in [0.2, 0.25) is 0 Å². The third-order valence-corrected chi connectivity index (χ3v) is 3.45. The average molecular weight is 356 g/mol. The molecule has 1 aromatic heterocycles. The molecule has 0 spiro atoms. The minimum absolute atomic E-state index is 0.342. The molecule has 0 atom stereocenters. The largest absolute Gasteiger partial charge is 0.481 e. The summed E-state index contributed by atoms with van der Waals surface area (Å²) in [5.74, 6) is -3.14. The summed E-state index contributed by atoms with van der Waals surface area (Å²) in [6.45, 7) is -0.683. The van der Waals surface area contributed by atoms with Gasteiger partial charge < -0.3 is 10.0 Å². The highest BCUT2D eigenvalue weighted by Gasteiger charge is 2.54. The Bertz CT molecular complexity index is 551. The number of hydrogen-bond donors (Lipinski definition) is 1. The smallest absolute Gasteiger partial charge is 0.471 e. The molecule has 0 saturated carbocycles. The highest BCUT2D eigenvalue weighted by molar-refractivity contribution is 9.10. The molecule has 1 aliphatic rings. The predicted octanol–water partition coefficient (Wildman–Crippen LogP) is 1.22. The zero-order chi connectivity index (χ0) is 15.1. The van der Waals surface area contributed by atoms with Gasteiger partial charge >= 0.3 is 18.1 Å². The van der Waals surface area contributed by atoms with E-state index < -0.39 is 30.0 Å². The van der Waals surface area contributed by atoms with E-state index in [0.717, 1.165) is 0 Å². The van der Waals surface area contributed by atoms with E-state index in [1.807, 2.05) is 0 Å². The normalized spacial score (nSPS) is 17.7. The fourth-order valence-corrected chi connectivity index (χ4v) is 2.46. The van der Waals surface area contributed by atoms with Gasteiger partial charge in [-0.1, -0.05) is 0 Å². The fraction of sp³-hybridized carbons (Fsp3) is 0.500. The first kappa shape index (κ1) is 14.8. The Kier molecular flexibility index (Phi) is 3.53. The Labute approximate surface area is 119 Å². The van der Waals surface area contributed by atoms with Gasteiger partial charge in [0.05, 0.1) is 6.42 Å². The second-order valence-corrected chi connectivity index (χ2v) is 5.35. The summed E-state index contributed by atoms with van der Waals surface area (Å²) >= 11 is 3.08. The van der Waals surface area contributed by atoms with E-state index in [2.05, 4.69) is 21.0 Å². The summed E-state index contributed by atoms with van der Waals surface area (Å²) in [7, 11) is 0. The van der Waals surface area contributed by atoms with Crippen LogP contribution in [0.5, 0.6) is 0 Å². The van der Waals surface area contributed by atoms with Crippen LogP contribution in [0.1, 0.15) is 6.42 Å². The molecule has 20 heavy (non-hydrogen) atoms. The molecule has 2 rings (SSSR count). The van der Waals surface area contributed by atoms with Crippen LogP contribution in [-0.2, 0) is 15.1 Å². The summed E-state index contributed by atoms with van der Waals surface area (Å²) in [4.78, 5) is 22.5. The number of nitrogens with zero attached hydrogens (tertiary/aromatic N) is 3. The molecule has 0 radical (unpaired) electrons. The van der Waals surface area contributed by atoms with Crippen LogP contribution >= 0.6 is 15.9 Å². The maximum atomic E-state index is 12.3. The van der Waals surface area contributed by atoms with Crippen molar-refractivity contribution in [1.82, 2.24) is 14.7 Å². The van der Waals surface area contributed by atoms with Crippen molar-refractivity contribution in [3.8, 4) is 0 Å². The van der Waals surface area contributed by atoms with Crippen LogP contribution in [0.4, 0.5) is 13.2 Å². The lowest BCUT2D eigenvalue weighted by Crippen LogP contribution is -2.67. The van der Waals surface area contributed by atoms with Gasteiger partial charge in [-0.3, -0.25) is 14.3 Å². The molecular weight excluding hydrogens is 347 g/mol. The molecular formula is C10H9BrF3N3O3. The lowest BCUT2D eigenvalue weighted by atomic mass is 9.86. The Hall–Kier alpha value is -1.58. The predicted molar refractivity (Wildman–Crippen MR) is 62.8 cm³/mol. The molecule has 10 heteroatoms. The molecule has 0 aromatic carbocycles. The van der Waals surface area contributed by atoms with Crippen molar-refractivity contribution < 1.29 is 27.9 Å². The standard InChI is InChI=1S/C10H9BrF3N3O3/c11-6-1-2-17(15-6)9(3-7(18)19)4-16(5-9)8(20)10(12,13)14/h1-2H,3-5H2,(H,18,19). The third-order valence-electron chi connectivity index (χ3n) is 3.02. The van der Waals surface area contributed by atoms with Crippen LogP contribution in [0.2, 0.25) is 0 Å². The number of amides is 1. The summed E-state index contributed by atoms with van der Waals surface area (Å²) in [6.07, 6.45) is -3.91. The van der Waals surface area contributed by atoms with Crippen molar-refractivity contribution >= 4 is 27.8 Å². The Morgan fingerprint density at radius 1 is 1.45 bits per heavy atom. The van der Waals surface area contributed by atoms with Crippen LogP contribution in [0.15, 0.2) is 16.9 Å². The number of carboxylic acids is 1. The maximum absolute atomic E-state index is 12.3. The molecule has 0 aliphatic carbocycles. The van der Waals surface area contributed by atoms with E-state index in [-0.39, 0.29) is 13.1 Å². The number of aromatic nitrogens is 2. The second kappa shape index (κ2) is 4.76. The Morgan fingerprint density at radius 3 is 2.45 bits per heavy atom. The zero-order valence-electron chi connectivity index (χ0n) is 9.89. The van der Waals surface area contributed by atoms with Crippen LogP contribution in [0, 0.1) is 0 Å². The molecule has 1 N–H and O–H groups in total. The van der Waals surface area contributed by atoms with Gasteiger partial charge in [0.15, 0.2) is 0 Å². The number of aliphatic carboxylic acids is 1. The van der Waals surface area contributed by atoms with Crippen molar-refractivity contribution in [2.24, 2.45) is 0 Å². The second-order valence-electron chi connectivity index (χ2n) is 4.54. The minimum Gasteiger partial charge on any atom is -0.481 e. The van der Waals surface area contributed by atoms with Gasteiger partial charge in [0.1, 0.15) is 10.1 Å². The molecule has 6 nitrogen and oxygen atoms in total. The number of alkyl halides is 3. The van der Waals surface area contributed by atoms with Crippen LogP contribution in [-0.4, -0.2) is 50.9 Å². The molecule has 2 heterocycles. The number of carbonyl (C=O) groups is 2. The highest BCUT2D eigenvalue weighted by Crippen LogP contribution is 2.35. The Balaban J connectivity index is 2.19. The molecule has 1 saturated heterocycles. The number of carboxylic acid groups (broad SMARTS) is 1. The zero-order valence-corrected chi connectivity index (χ0v) is 11.5. The number of likely N-dealkylation sites (tertiary alicyclic amines) is 1. The fourth-order valence-electron chi connectivity index (χ4n) is 2.17. The third kappa shape index (κ3) is 2.65. The van der Waals surface area contributed by atoms with E-state index in [1.54, 1.807) is 0 Å². The van der Waals surface area contributed by atoms with Gasteiger partial charge in [-0.25, -0.2) is 0 Å². The summed E-state index contributed by atoms with van der Waals surface area (Å²) in [5, 5.41) is 12.9. The molecule has 1 aromatic rings. The van der Waals surface area contributed by atoms with E-state index in [0.29, 0.717) is 9.50 Å². The SMILES string of the molecule is O=C(O)CC1(n2ccc(Br)n2)CN(C(=O)C(F)(F)F)C1. The summed E-state index contributed by atoms with van der Waals surface area (Å²) < 4.78 is 38.6. The van der Waals surface area contributed by atoms with Crippen molar-refractivity contribution in [3.05, 3.63) is 16.9 Å². The molecule has 1 aliphatic heterocycles. The van der Waals surface area contributed by atoms with Crippen molar-refractivity contribution in [2.75, 3.05) is 13.1 Å². The van der Waals surface area contributed by atoms with E-state index in [9.17, 15) is 22.8 Å². The van der Waals surface area contributed by atoms with Crippen LogP contribution in [0.3, 0.4) is 0 Å².